The normalized spacial score (nSPS) is 13.8. The van der Waals surface area contributed by atoms with Crippen molar-refractivity contribution < 1.29 is 24.2 Å². The quantitative estimate of drug-likeness (QED) is 0.496. The predicted molar refractivity (Wildman–Crippen MR) is 129 cm³/mol. The van der Waals surface area contributed by atoms with Crippen LogP contribution in [0.4, 0.5) is 10.5 Å². The van der Waals surface area contributed by atoms with E-state index in [1.165, 1.54) is 0 Å². The zero-order valence-electron chi connectivity index (χ0n) is 18.9. The molecule has 4 rings (SSSR count). The Morgan fingerprint density at radius 1 is 0.882 bits per heavy atom. The molecule has 0 bridgehead atoms. The number of carbonyl (C=O) groups excluding carboxylic acids is 1. The van der Waals surface area contributed by atoms with Crippen LogP contribution < -0.4 is 14.8 Å². The molecule has 7 heteroatoms. The molecule has 3 aromatic rings. The molecule has 1 saturated heterocycles. The number of hydrogen-bond acceptors (Lipinski definition) is 4. The predicted octanol–water partition coefficient (Wildman–Crippen LogP) is 4.97. The number of urea groups is 1. The third-order valence-corrected chi connectivity index (χ3v) is 5.64. The third kappa shape index (κ3) is 6.75. The number of carboxylic acid groups (broad SMARTS) is 1. The Labute approximate surface area is 198 Å². The average molecular weight is 461 g/mol. The van der Waals surface area contributed by atoms with Gasteiger partial charge < -0.3 is 24.8 Å². The van der Waals surface area contributed by atoms with Crippen molar-refractivity contribution >= 4 is 17.7 Å². The van der Waals surface area contributed by atoms with Gasteiger partial charge >= 0.3 is 12.0 Å². The summed E-state index contributed by atoms with van der Waals surface area (Å²) in [4.78, 5) is 25.3. The molecule has 0 aromatic heterocycles. The number of carbonyl (C=O) groups is 2. The standard InChI is InChI=1S/C27H28N2O5/c30-26(31)18-21-7-4-8-22(17-21)28-27(32)29-15-13-25(14-16-29)34-24-11-9-23(10-12-24)33-19-20-5-2-1-3-6-20/h1-12,17,25H,13-16,18-19H2,(H,28,32)(H,30,31). The molecule has 1 heterocycles. The van der Waals surface area contributed by atoms with Crippen molar-refractivity contribution in [2.24, 2.45) is 0 Å². The van der Waals surface area contributed by atoms with E-state index in [0.29, 0.717) is 30.9 Å². The van der Waals surface area contributed by atoms with E-state index in [-0.39, 0.29) is 18.6 Å². The maximum absolute atomic E-state index is 12.6. The summed E-state index contributed by atoms with van der Waals surface area (Å²) in [6.45, 7) is 1.69. The summed E-state index contributed by atoms with van der Waals surface area (Å²) in [5.74, 6) is 0.667. The van der Waals surface area contributed by atoms with Gasteiger partial charge in [-0.15, -0.1) is 0 Å². The van der Waals surface area contributed by atoms with Crippen LogP contribution in [-0.2, 0) is 17.8 Å². The summed E-state index contributed by atoms with van der Waals surface area (Å²) in [5.41, 5.74) is 2.36. The Bertz CT molecular complexity index is 1090. The molecule has 34 heavy (non-hydrogen) atoms. The molecule has 1 aliphatic rings. The van der Waals surface area contributed by atoms with E-state index in [1.807, 2.05) is 54.6 Å². The molecule has 1 fully saturated rings. The van der Waals surface area contributed by atoms with Gasteiger partial charge in [-0.2, -0.15) is 0 Å². The van der Waals surface area contributed by atoms with Crippen molar-refractivity contribution in [3.05, 3.63) is 90.0 Å². The lowest BCUT2D eigenvalue weighted by molar-refractivity contribution is -0.136. The summed E-state index contributed by atoms with van der Waals surface area (Å²) in [5, 5.41) is 11.8. The Balaban J connectivity index is 1.21. The topological polar surface area (TPSA) is 88.1 Å². The third-order valence-electron chi connectivity index (χ3n) is 5.64. The first kappa shape index (κ1) is 23.2. The van der Waals surface area contributed by atoms with Gasteiger partial charge in [0.2, 0.25) is 0 Å². The number of nitrogens with zero attached hydrogens (tertiary/aromatic N) is 1. The van der Waals surface area contributed by atoms with Crippen molar-refractivity contribution in [2.45, 2.75) is 32.0 Å². The SMILES string of the molecule is O=C(O)Cc1cccc(NC(=O)N2CCC(Oc3ccc(OCc4ccccc4)cc3)CC2)c1. The van der Waals surface area contributed by atoms with Crippen LogP contribution in [0.3, 0.4) is 0 Å². The second kappa shape index (κ2) is 11.2. The first-order valence-corrected chi connectivity index (χ1v) is 11.4. The monoisotopic (exact) mass is 460 g/mol. The number of benzene rings is 3. The first-order chi connectivity index (χ1) is 16.5. The lowest BCUT2D eigenvalue weighted by Crippen LogP contribution is -2.43. The molecule has 176 valence electrons. The fourth-order valence-corrected chi connectivity index (χ4v) is 3.86. The summed E-state index contributed by atoms with van der Waals surface area (Å²) in [6, 6.07) is 24.4. The van der Waals surface area contributed by atoms with Crippen LogP contribution in [0.5, 0.6) is 11.5 Å². The fraction of sp³-hybridized carbons (Fsp3) is 0.259. The van der Waals surface area contributed by atoms with Gasteiger partial charge in [0.25, 0.3) is 0 Å². The number of aliphatic carboxylic acids is 1. The van der Waals surface area contributed by atoms with Crippen molar-refractivity contribution in [1.29, 1.82) is 0 Å². The number of amides is 2. The van der Waals surface area contributed by atoms with Crippen LogP contribution in [0.1, 0.15) is 24.0 Å². The first-order valence-electron chi connectivity index (χ1n) is 11.4. The molecular formula is C27H28N2O5. The molecule has 0 aliphatic carbocycles. The Hall–Kier alpha value is -4.00. The zero-order valence-corrected chi connectivity index (χ0v) is 18.9. The highest BCUT2D eigenvalue weighted by Crippen LogP contribution is 2.23. The van der Waals surface area contributed by atoms with Gasteiger partial charge in [-0.1, -0.05) is 42.5 Å². The number of ether oxygens (including phenoxy) is 2. The minimum Gasteiger partial charge on any atom is -0.490 e. The maximum Gasteiger partial charge on any atom is 0.321 e. The van der Waals surface area contributed by atoms with Crippen LogP contribution in [0.25, 0.3) is 0 Å². The average Bonchev–Trinajstić information content (AvgIpc) is 2.84. The van der Waals surface area contributed by atoms with E-state index in [1.54, 1.807) is 29.2 Å². The lowest BCUT2D eigenvalue weighted by atomic mass is 10.1. The largest absolute Gasteiger partial charge is 0.490 e. The Morgan fingerprint density at radius 3 is 2.26 bits per heavy atom. The van der Waals surface area contributed by atoms with Gasteiger partial charge in [0.1, 0.15) is 24.2 Å². The summed E-state index contributed by atoms with van der Waals surface area (Å²) in [7, 11) is 0. The summed E-state index contributed by atoms with van der Waals surface area (Å²) in [6.07, 6.45) is 1.43. The van der Waals surface area contributed by atoms with Crippen LogP contribution >= 0.6 is 0 Å². The highest BCUT2D eigenvalue weighted by molar-refractivity contribution is 5.89. The number of anilines is 1. The number of rotatable bonds is 8. The van der Waals surface area contributed by atoms with Gasteiger partial charge in [-0.25, -0.2) is 4.79 Å². The van der Waals surface area contributed by atoms with Gasteiger partial charge in [-0.3, -0.25) is 4.79 Å². The van der Waals surface area contributed by atoms with Crippen LogP contribution in [0.2, 0.25) is 0 Å². The minimum atomic E-state index is -0.903. The Morgan fingerprint density at radius 2 is 1.56 bits per heavy atom. The van der Waals surface area contributed by atoms with Gasteiger partial charge in [0.15, 0.2) is 0 Å². The van der Waals surface area contributed by atoms with E-state index in [0.717, 1.165) is 29.9 Å². The molecule has 0 unspecified atom stereocenters. The minimum absolute atomic E-state index is 0.0408. The molecule has 1 aliphatic heterocycles. The van der Waals surface area contributed by atoms with Gasteiger partial charge in [-0.05, 0) is 47.5 Å². The highest BCUT2D eigenvalue weighted by atomic mass is 16.5. The van der Waals surface area contributed by atoms with E-state index in [4.69, 9.17) is 14.6 Å². The van der Waals surface area contributed by atoms with Crippen molar-refractivity contribution in [2.75, 3.05) is 18.4 Å². The van der Waals surface area contributed by atoms with Crippen LogP contribution in [0.15, 0.2) is 78.9 Å². The maximum atomic E-state index is 12.6. The van der Waals surface area contributed by atoms with Gasteiger partial charge in [0.05, 0.1) is 6.42 Å². The number of nitrogens with one attached hydrogen (secondary N) is 1. The molecule has 0 saturated carbocycles. The number of piperidine rings is 1. The van der Waals surface area contributed by atoms with E-state index >= 15 is 0 Å². The zero-order chi connectivity index (χ0) is 23.8. The summed E-state index contributed by atoms with van der Waals surface area (Å²) < 4.78 is 11.9. The number of likely N-dealkylation sites (tertiary alicyclic amines) is 1. The molecule has 0 radical (unpaired) electrons. The smallest absolute Gasteiger partial charge is 0.321 e. The Kier molecular flexibility index (Phi) is 7.65. The molecule has 7 nitrogen and oxygen atoms in total. The molecule has 3 aromatic carbocycles. The molecule has 2 amide bonds. The van der Waals surface area contributed by atoms with E-state index in [2.05, 4.69) is 5.32 Å². The highest BCUT2D eigenvalue weighted by Gasteiger charge is 2.24. The van der Waals surface area contributed by atoms with Crippen molar-refractivity contribution in [3.8, 4) is 11.5 Å². The summed E-state index contributed by atoms with van der Waals surface area (Å²) >= 11 is 0. The van der Waals surface area contributed by atoms with Crippen molar-refractivity contribution in [1.82, 2.24) is 4.90 Å². The second-order valence-corrected chi connectivity index (χ2v) is 8.25. The van der Waals surface area contributed by atoms with Crippen molar-refractivity contribution in [3.63, 3.8) is 0 Å². The molecule has 0 spiro atoms. The molecule has 0 atom stereocenters. The molecular weight excluding hydrogens is 432 g/mol. The van der Waals surface area contributed by atoms with Gasteiger partial charge in [0, 0.05) is 31.6 Å². The fourth-order valence-electron chi connectivity index (χ4n) is 3.86. The van der Waals surface area contributed by atoms with Crippen LogP contribution in [0, 0.1) is 0 Å². The molecule has 2 N–H and O–H groups in total. The van der Waals surface area contributed by atoms with E-state index < -0.39 is 5.97 Å². The van der Waals surface area contributed by atoms with Crippen LogP contribution in [-0.4, -0.2) is 41.2 Å². The van der Waals surface area contributed by atoms with E-state index in [9.17, 15) is 9.59 Å². The second-order valence-electron chi connectivity index (χ2n) is 8.25. The lowest BCUT2D eigenvalue weighted by Gasteiger charge is -2.32. The number of carboxylic acids is 1. The number of hydrogen-bond donors (Lipinski definition) is 2.